The van der Waals surface area contributed by atoms with Gasteiger partial charge in [0, 0.05) is 0 Å². The largest absolute Gasteiger partial charge is 0.491 e. The number of nitrogens with one attached hydrogen (secondary N) is 1. The number of rotatable bonds is 7. The van der Waals surface area contributed by atoms with Gasteiger partial charge < -0.3 is 9.47 Å². The van der Waals surface area contributed by atoms with Crippen molar-refractivity contribution in [3.63, 3.8) is 0 Å². The van der Waals surface area contributed by atoms with E-state index in [-0.39, 0.29) is 18.4 Å². The highest BCUT2D eigenvalue weighted by Gasteiger charge is 2.36. The lowest BCUT2D eigenvalue weighted by molar-refractivity contribution is 0.0525. The lowest BCUT2D eigenvalue weighted by atomic mass is 10.1. The molecule has 0 saturated heterocycles. The van der Waals surface area contributed by atoms with Crippen molar-refractivity contribution in [1.82, 2.24) is 4.90 Å². The number of para-hydroxylation sites is 2. The van der Waals surface area contributed by atoms with E-state index in [1.54, 1.807) is 49.4 Å². The minimum Gasteiger partial charge on any atom is -0.491 e. The highest BCUT2D eigenvalue weighted by molar-refractivity contribution is 6.21. The van der Waals surface area contributed by atoms with Gasteiger partial charge in [-0.25, -0.2) is 4.79 Å². The van der Waals surface area contributed by atoms with E-state index in [1.165, 1.54) is 0 Å². The van der Waals surface area contributed by atoms with Gasteiger partial charge in [-0.1, -0.05) is 31.2 Å². The van der Waals surface area contributed by atoms with Crippen molar-refractivity contribution in [2.45, 2.75) is 26.4 Å². The van der Waals surface area contributed by atoms with E-state index in [0.29, 0.717) is 29.2 Å². The Labute approximate surface area is 163 Å². The van der Waals surface area contributed by atoms with Crippen LogP contribution in [0.2, 0.25) is 0 Å². The summed E-state index contributed by atoms with van der Waals surface area (Å²) in [5, 5.41) is 2.64. The van der Waals surface area contributed by atoms with E-state index in [0.717, 1.165) is 11.3 Å². The lowest BCUT2D eigenvalue weighted by Crippen LogP contribution is -2.38. The van der Waals surface area contributed by atoms with Gasteiger partial charge in [0.15, 0.2) is 0 Å². The van der Waals surface area contributed by atoms with Crippen LogP contribution in [-0.4, -0.2) is 42.1 Å². The first kappa shape index (κ1) is 19.4. The Morgan fingerprint density at radius 3 is 2.29 bits per heavy atom. The van der Waals surface area contributed by atoms with Crippen LogP contribution >= 0.6 is 0 Å². The number of fused-ring (bicyclic) bond motifs is 1. The van der Waals surface area contributed by atoms with Crippen LogP contribution in [0.25, 0.3) is 0 Å². The molecular formula is C21H22N2O5. The fraction of sp³-hybridized carbons (Fsp3) is 0.286. The number of hydrogen-bond donors (Lipinski definition) is 1. The molecule has 2 aromatic carbocycles. The number of benzene rings is 2. The topological polar surface area (TPSA) is 84.9 Å². The van der Waals surface area contributed by atoms with Crippen LogP contribution in [0.1, 0.15) is 41.0 Å². The number of amides is 3. The Kier molecular flexibility index (Phi) is 5.93. The SMILES string of the molecule is CCCOc1ccccc1NC(=O)OC(C)CN1C(=O)c2ccccc2C1=O. The Morgan fingerprint density at radius 2 is 1.64 bits per heavy atom. The van der Waals surface area contributed by atoms with Gasteiger partial charge >= 0.3 is 6.09 Å². The van der Waals surface area contributed by atoms with Crippen molar-refractivity contribution >= 4 is 23.6 Å². The summed E-state index contributed by atoms with van der Waals surface area (Å²) in [6.07, 6.45) is -0.515. The molecule has 0 aliphatic carbocycles. The quantitative estimate of drug-likeness (QED) is 0.738. The second-order valence-electron chi connectivity index (χ2n) is 6.45. The molecule has 0 aromatic heterocycles. The van der Waals surface area contributed by atoms with Gasteiger partial charge in [-0.3, -0.25) is 19.8 Å². The van der Waals surface area contributed by atoms with Gasteiger partial charge in [0.1, 0.15) is 11.9 Å². The van der Waals surface area contributed by atoms with Crippen LogP contribution in [0.3, 0.4) is 0 Å². The summed E-state index contributed by atoms with van der Waals surface area (Å²) >= 11 is 0. The lowest BCUT2D eigenvalue weighted by Gasteiger charge is -2.20. The molecule has 0 fully saturated rings. The summed E-state index contributed by atoms with van der Waals surface area (Å²) in [6.45, 7) is 4.13. The van der Waals surface area contributed by atoms with Crippen molar-refractivity contribution in [1.29, 1.82) is 0 Å². The molecule has 1 N–H and O–H groups in total. The fourth-order valence-corrected chi connectivity index (χ4v) is 2.93. The molecule has 7 heteroatoms. The van der Waals surface area contributed by atoms with E-state index < -0.39 is 12.2 Å². The van der Waals surface area contributed by atoms with Gasteiger partial charge in [0.2, 0.25) is 0 Å². The number of imide groups is 1. The molecule has 28 heavy (non-hydrogen) atoms. The Hall–Kier alpha value is -3.35. The second-order valence-corrected chi connectivity index (χ2v) is 6.45. The van der Waals surface area contributed by atoms with Crippen LogP contribution in [0.15, 0.2) is 48.5 Å². The number of carbonyl (C=O) groups is 3. The second kappa shape index (κ2) is 8.56. The molecule has 1 heterocycles. The standard InChI is InChI=1S/C21H22N2O5/c1-3-12-27-18-11-7-6-10-17(18)22-21(26)28-14(2)13-23-19(24)15-8-4-5-9-16(15)20(23)25/h4-11,14H,3,12-13H2,1-2H3,(H,22,26). The summed E-state index contributed by atoms with van der Waals surface area (Å²) in [4.78, 5) is 38.1. The van der Waals surface area contributed by atoms with E-state index in [2.05, 4.69) is 5.32 Å². The van der Waals surface area contributed by atoms with Crippen molar-refractivity contribution in [2.75, 3.05) is 18.5 Å². The average molecular weight is 382 g/mol. The van der Waals surface area contributed by atoms with Crippen LogP contribution in [0.5, 0.6) is 5.75 Å². The molecule has 0 saturated carbocycles. The highest BCUT2D eigenvalue weighted by atomic mass is 16.6. The predicted octanol–water partition coefficient (Wildman–Crippen LogP) is 3.71. The zero-order valence-corrected chi connectivity index (χ0v) is 15.8. The molecule has 2 aromatic rings. The van der Waals surface area contributed by atoms with Gasteiger partial charge in [-0.05, 0) is 37.6 Å². The summed E-state index contributed by atoms with van der Waals surface area (Å²) in [5.74, 6) is -0.209. The van der Waals surface area contributed by atoms with Crippen LogP contribution < -0.4 is 10.1 Å². The molecule has 3 amide bonds. The van der Waals surface area contributed by atoms with E-state index >= 15 is 0 Å². The van der Waals surface area contributed by atoms with E-state index in [9.17, 15) is 14.4 Å². The number of nitrogens with zero attached hydrogens (tertiary/aromatic N) is 1. The average Bonchev–Trinajstić information content (AvgIpc) is 2.92. The molecule has 3 rings (SSSR count). The first-order valence-electron chi connectivity index (χ1n) is 9.16. The van der Waals surface area contributed by atoms with Crippen molar-refractivity contribution in [3.05, 3.63) is 59.7 Å². The van der Waals surface area contributed by atoms with Crippen LogP contribution in [0, 0.1) is 0 Å². The highest BCUT2D eigenvalue weighted by Crippen LogP contribution is 2.25. The molecule has 0 radical (unpaired) electrons. The normalized spacial score (nSPS) is 13.9. The molecule has 7 nitrogen and oxygen atoms in total. The van der Waals surface area contributed by atoms with Gasteiger partial charge in [0.05, 0.1) is 30.0 Å². The van der Waals surface area contributed by atoms with Gasteiger partial charge in [-0.15, -0.1) is 0 Å². The van der Waals surface area contributed by atoms with Crippen LogP contribution in [0.4, 0.5) is 10.5 Å². The van der Waals surface area contributed by atoms with Gasteiger partial charge in [0.25, 0.3) is 11.8 Å². The van der Waals surface area contributed by atoms with Crippen molar-refractivity contribution in [3.8, 4) is 5.75 Å². The van der Waals surface area contributed by atoms with Crippen LogP contribution in [-0.2, 0) is 4.74 Å². The molecular weight excluding hydrogens is 360 g/mol. The van der Waals surface area contributed by atoms with Crippen molar-refractivity contribution < 1.29 is 23.9 Å². The predicted molar refractivity (Wildman–Crippen MR) is 104 cm³/mol. The summed E-state index contributed by atoms with van der Waals surface area (Å²) in [7, 11) is 0. The maximum Gasteiger partial charge on any atom is 0.412 e. The first-order chi connectivity index (χ1) is 13.5. The smallest absolute Gasteiger partial charge is 0.412 e. The Bertz CT molecular complexity index is 861. The molecule has 0 spiro atoms. The number of anilines is 1. The molecule has 1 aliphatic rings. The maximum atomic E-state index is 12.4. The molecule has 146 valence electrons. The molecule has 1 atom stereocenters. The minimum absolute atomic E-state index is 0.0201. The summed E-state index contributed by atoms with van der Waals surface area (Å²) in [5.41, 5.74) is 1.23. The first-order valence-corrected chi connectivity index (χ1v) is 9.16. The van der Waals surface area contributed by atoms with Gasteiger partial charge in [-0.2, -0.15) is 0 Å². The number of hydrogen-bond acceptors (Lipinski definition) is 5. The minimum atomic E-state index is -0.684. The number of carbonyl (C=O) groups excluding carboxylic acids is 3. The number of ether oxygens (including phenoxy) is 2. The Balaban J connectivity index is 1.59. The molecule has 1 unspecified atom stereocenters. The maximum absolute atomic E-state index is 12.4. The van der Waals surface area contributed by atoms with Crippen molar-refractivity contribution in [2.24, 2.45) is 0 Å². The molecule has 0 bridgehead atoms. The Morgan fingerprint density at radius 1 is 1.04 bits per heavy atom. The van der Waals surface area contributed by atoms with E-state index in [1.807, 2.05) is 13.0 Å². The third-order valence-electron chi connectivity index (χ3n) is 4.21. The third kappa shape index (κ3) is 4.14. The zero-order valence-electron chi connectivity index (χ0n) is 15.8. The summed E-state index contributed by atoms with van der Waals surface area (Å²) in [6, 6.07) is 13.7. The monoisotopic (exact) mass is 382 g/mol. The molecule has 1 aliphatic heterocycles. The zero-order chi connectivity index (χ0) is 20.1. The summed E-state index contributed by atoms with van der Waals surface area (Å²) < 4.78 is 10.9. The van der Waals surface area contributed by atoms with E-state index in [4.69, 9.17) is 9.47 Å². The fourth-order valence-electron chi connectivity index (χ4n) is 2.93. The third-order valence-corrected chi connectivity index (χ3v) is 4.21.